The van der Waals surface area contributed by atoms with Crippen LogP contribution < -0.4 is 0 Å². The zero-order valence-electron chi connectivity index (χ0n) is 11.5. The molecule has 2 atom stereocenters. The molecule has 0 spiro atoms. The summed E-state index contributed by atoms with van der Waals surface area (Å²) >= 11 is 0. The van der Waals surface area contributed by atoms with Crippen molar-refractivity contribution in [1.82, 2.24) is 4.90 Å². The minimum absolute atomic E-state index is 0.0967. The van der Waals surface area contributed by atoms with Crippen LogP contribution in [-0.4, -0.2) is 23.5 Å². The van der Waals surface area contributed by atoms with Gasteiger partial charge in [0.2, 0.25) is 0 Å². The zero-order chi connectivity index (χ0) is 13.5. The largest absolute Gasteiger partial charge is 0.298 e. The first kappa shape index (κ1) is 13.5. The fraction of sp³-hybridized carbons (Fsp3) is 0.600. The van der Waals surface area contributed by atoms with Gasteiger partial charge in [0.25, 0.3) is 0 Å². The number of rotatable bonds is 1. The lowest BCUT2D eigenvalue weighted by molar-refractivity contribution is 0.168. The Bertz CT molecular complexity index is 437. The number of nitrogens with zero attached hydrogens (tertiary/aromatic N) is 1. The van der Waals surface area contributed by atoms with Gasteiger partial charge in [-0.2, -0.15) is 0 Å². The predicted molar refractivity (Wildman–Crippen MR) is 69.6 cm³/mol. The molecule has 1 saturated heterocycles. The summed E-state index contributed by atoms with van der Waals surface area (Å²) in [6.45, 7) is 10.5. The quantitative estimate of drug-likeness (QED) is 0.736. The van der Waals surface area contributed by atoms with E-state index in [1.54, 1.807) is 6.07 Å². The molecular formula is C15H21F2N. The summed E-state index contributed by atoms with van der Waals surface area (Å²) in [5.74, 6) is -0.369. The molecule has 0 radical (unpaired) electrons. The second-order valence-corrected chi connectivity index (χ2v) is 6.33. The van der Waals surface area contributed by atoms with E-state index in [0.29, 0.717) is 11.5 Å². The van der Waals surface area contributed by atoms with Crippen molar-refractivity contribution in [3.63, 3.8) is 0 Å². The highest BCUT2D eigenvalue weighted by Crippen LogP contribution is 2.36. The SMILES string of the molecule is C[C@@H]1CN(C(C)(C)C)C[C@H]1c1ccc(F)cc1F. The molecule has 1 aliphatic heterocycles. The van der Waals surface area contributed by atoms with Crippen molar-refractivity contribution in [3.8, 4) is 0 Å². The molecule has 1 aromatic rings. The highest BCUT2D eigenvalue weighted by atomic mass is 19.1. The Morgan fingerprint density at radius 1 is 1.17 bits per heavy atom. The van der Waals surface area contributed by atoms with Crippen molar-refractivity contribution >= 4 is 0 Å². The van der Waals surface area contributed by atoms with Gasteiger partial charge < -0.3 is 0 Å². The van der Waals surface area contributed by atoms with Gasteiger partial charge in [-0.3, -0.25) is 4.90 Å². The van der Waals surface area contributed by atoms with Gasteiger partial charge in [0, 0.05) is 30.6 Å². The lowest BCUT2D eigenvalue weighted by Gasteiger charge is -2.31. The lowest BCUT2D eigenvalue weighted by atomic mass is 9.90. The monoisotopic (exact) mass is 253 g/mol. The van der Waals surface area contributed by atoms with Crippen LogP contribution >= 0.6 is 0 Å². The van der Waals surface area contributed by atoms with Gasteiger partial charge in [-0.05, 0) is 38.3 Å². The molecule has 0 aromatic heterocycles. The third kappa shape index (κ3) is 2.56. The van der Waals surface area contributed by atoms with Gasteiger partial charge in [0.05, 0.1) is 0 Å². The molecule has 2 rings (SSSR count). The number of hydrogen-bond acceptors (Lipinski definition) is 1. The number of benzene rings is 1. The van der Waals surface area contributed by atoms with E-state index in [1.165, 1.54) is 6.07 Å². The summed E-state index contributed by atoms with van der Waals surface area (Å²) in [4.78, 5) is 2.37. The molecule has 3 heteroatoms. The summed E-state index contributed by atoms with van der Waals surface area (Å²) in [6.07, 6.45) is 0. The minimum atomic E-state index is -0.505. The second-order valence-electron chi connectivity index (χ2n) is 6.33. The summed E-state index contributed by atoms with van der Waals surface area (Å²) < 4.78 is 26.8. The third-order valence-electron chi connectivity index (χ3n) is 3.92. The van der Waals surface area contributed by atoms with Gasteiger partial charge in [0.1, 0.15) is 11.6 Å². The van der Waals surface area contributed by atoms with Crippen LogP contribution in [0.3, 0.4) is 0 Å². The Balaban J connectivity index is 2.24. The Morgan fingerprint density at radius 3 is 2.33 bits per heavy atom. The maximum absolute atomic E-state index is 13.8. The second kappa shape index (κ2) is 4.61. The van der Waals surface area contributed by atoms with Crippen molar-refractivity contribution in [2.24, 2.45) is 5.92 Å². The first-order valence-electron chi connectivity index (χ1n) is 6.49. The van der Waals surface area contributed by atoms with Crippen LogP contribution in [0.15, 0.2) is 18.2 Å². The first-order valence-corrected chi connectivity index (χ1v) is 6.49. The average Bonchev–Trinajstić information content (AvgIpc) is 2.60. The smallest absolute Gasteiger partial charge is 0.129 e. The van der Waals surface area contributed by atoms with E-state index in [0.717, 1.165) is 19.2 Å². The van der Waals surface area contributed by atoms with E-state index < -0.39 is 11.6 Å². The van der Waals surface area contributed by atoms with Crippen LogP contribution in [0, 0.1) is 17.6 Å². The van der Waals surface area contributed by atoms with Gasteiger partial charge in [-0.25, -0.2) is 8.78 Å². The maximum atomic E-state index is 13.8. The van der Waals surface area contributed by atoms with Gasteiger partial charge in [-0.15, -0.1) is 0 Å². The van der Waals surface area contributed by atoms with Crippen LogP contribution in [0.4, 0.5) is 8.78 Å². The number of halogens is 2. The van der Waals surface area contributed by atoms with Crippen molar-refractivity contribution < 1.29 is 8.78 Å². The lowest BCUT2D eigenvalue weighted by Crippen LogP contribution is -2.39. The van der Waals surface area contributed by atoms with E-state index in [1.807, 2.05) is 0 Å². The summed E-state index contributed by atoms with van der Waals surface area (Å²) in [6, 6.07) is 3.94. The highest BCUT2D eigenvalue weighted by Gasteiger charge is 2.36. The fourth-order valence-electron chi connectivity index (χ4n) is 2.72. The van der Waals surface area contributed by atoms with Gasteiger partial charge >= 0.3 is 0 Å². The molecule has 0 N–H and O–H groups in total. The maximum Gasteiger partial charge on any atom is 0.129 e. The van der Waals surface area contributed by atoms with Crippen LogP contribution in [0.1, 0.15) is 39.2 Å². The molecule has 0 saturated carbocycles. The molecule has 100 valence electrons. The summed E-state index contributed by atoms with van der Waals surface area (Å²) in [5.41, 5.74) is 0.745. The average molecular weight is 253 g/mol. The Kier molecular flexibility index (Phi) is 3.45. The van der Waals surface area contributed by atoms with E-state index in [9.17, 15) is 8.78 Å². The van der Waals surface area contributed by atoms with Crippen LogP contribution in [0.5, 0.6) is 0 Å². The molecule has 1 fully saturated rings. The molecule has 0 unspecified atom stereocenters. The van der Waals surface area contributed by atoms with Crippen LogP contribution in [0.2, 0.25) is 0 Å². The third-order valence-corrected chi connectivity index (χ3v) is 3.92. The van der Waals surface area contributed by atoms with Crippen LogP contribution in [-0.2, 0) is 0 Å². The van der Waals surface area contributed by atoms with Crippen molar-refractivity contribution in [3.05, 3.63) is 35.4 Å². The fourth-order valence-corrected chi connectivity index (χ4v) is 2.72. The number of likely N-dealkylation sites (tertiary alicyclic amines) is 1. The van der Waals surface area contributed by atoms with Gasteiger partial charge in [0.15, 0.2) is 0 Å². The topological polar surface area (TPSA) is 3.24 Å². The first-order chi connectivity index (χ1) is 8.29. The van der Waals surface area contributed by atoms with Crippen molar-refractivity contribution in [2.75, 3.05) is 13.1 Å². The summed E-state index contributed by atoms with van der Waals surface area (Å²) in [5, 5.41) is 0. The highest BCUT2D eigenvalue weighted by molar-refractivity contribution is 5.25. The predicted octanol–water partition coefficient (Wildman–Crippen LogP) is 3.80. The Hall–Kier alpha value is -0.960. The minimum Gasteiger partial charge on any atom is -0.298 e. The normalized spacial score (nSPS) is 25.7. The summed E-state index contributed by atoms with van der Waals surface area (Å²) in [7, 11) is 0. The molecule has 1 nitrogen and oxygen atoms in total. The van der Waals surface area contributed by atoms with Crippen molar-refractivity contribution in [2.45, 2.75) is 39.2 Å². The molecule has 1 aromatic carbocycles. The molecule has 0 bridgehead atoms. The molecule has 1 aliphatic rings. The molecule has 0 amide bonds. The molecule has 1 heterocycles. The van der Waals surface area contributed by atoms with E-state index in [2.05, 4.69) is 32.6 Å². The molecular weight excluding hydrogens is 232 g/mol. The van der Waals surface area contributed by atoms with Gasteiger partial charge in [-0.1, -0.05) is 13.0 Å². The number of hydrogen-bond donors (Lipinski definition) is 0. The van der Waals surface area contributed by atoms with E-state index >= 15 is 0 Å². The Morgan fingerprint density at radius 2 is 1.83 bits per heavy atom. The molecule has 18 heavy (non-hydrogen) atoms. The van der Waals surface area contributed by atoms with Crippen molar-refractivity contribution in [1.29, 1.82) is 0 Å². The zero-order valence-corrected chi connectivity index (χ0v) is 11.5. The standard InChI is InChI=1S/C15H21F2N/c1-10-8-18(15(2,3)4)9-13(10)12-6-5-11(16)7-14(12)17/h5-7,10,13H,8-9H2,1-4H3/t10-,13-/m1/s1. The van der Waals surface area contributed by atoms with Crippen LogP contribution in [0.25, 0.3) is 0 Å². The van der Waals surface area contributed by atoms with E-state index in [4.69, 9.17) is 0 Å². The molecule has 0 aliphatic carbocycles. The Labute approximate surface area is 108 Å². The van der Waals surface area contributed by atoms with E-state index in [-0.39, 0.29) is 11.5 Å².